The fourth-order valence-electron chi connectivity index (χ4n) is 2.53. The average molecular weight is 352 g/mol. The molecule has 1 heterocycles. The standard InChI is InChI=1S/C20H20N2O4/c1-3-22-19(14(2)18(23)21-20(22)24)26-17-11-9-16(10-12-17)25-13-15-7-5-4-6-8-15/h4-12H,3,13H2,1-2H3,(H,21,23,24). The second-order valence-electron chi connectivity index (χ2n) is 5.78. The first-order valence-corrected chi connectivity index (χ1v) is 8.37. The number of rotatable bonds is 6. The van der Waals surface area contributed by atoms with E-state index in [1.54, 1.807) is 31.2 Å². The molecule has 3 rings (SSSR count). The highest BCUT2D eigenvalue weighted by molar-refractivity contribution is 5.35. The Kier molecular flexibility index (Phi) is 5.22. The molecule has 0 radical (unpaired) electrons. The SMILES string of the molecule is CCn1c(Oc2ccc(OCc3ccccc3)cc2)c(C)c(=O)[nH]c1=O. The van der Waals surface area contributed by atoms with Crippen molar-refractivity contribution in [2.75, 3.05) is 0 Å². The Morgan fingerprint density at radius 2 is 1.62 bits per heavy atom. The molecule has 1 N–H and O–H groups in total. The zero-order chi connectivity index (χ0) is 18.5. The number of hydrogen-bond acceptors (Lipinski definition) is 4. The van der Waals surface area contributed by atoms with Crippen molar-refractivity contribution >= 4 is 0 Å². The molecular formula is C20H20N2O4. The second-order valence-corrected chi connectivity index (χ2v) is 5.78. The molecule has 0 aliphatic rings. The summed E-state index contributed by atoms with van der Waals surface area (Å²) in [6, 6.07) is 16.9. The van der Waals surface area contributed by atoms with Crippen molar-refractivity contribution in [2.24, 2.45) is 0 Å². The highest BCUT2D eigenvalue weighted by Crippen LogP contribution is 2.24. The van der Waals surface area contributed by atoms with Gasteiger partial charge in [-0.3, -0.25) is 14.3 Å². The Hall–Kier alpha value is -3.28. The first kappa shape index (κ1) is 17.5. The first-order chi connectivity index (χ1) is 12.6. The van der Waals surface area contributed by atoms with Crippen molar-refractivity contribution in [1.29, 1.82) is 0 Å². The number of H-pyrrole nitrogens is 1. The van der Waals surface area contributed by atoms with Gasteiger partial charge < -0.3 is 9.47 Å². The van der Waals surface area contributed by atoms with Crippen LogP contribution in [0.3, 0.4) is 0 Å². The second kappa shape index (κ2) is 7.74. The maximum atomic E-state index is 11.9. The normalized spacial score (nSPS) is 10.5. The van der Waals surface area contributed by atoms with Crippen LogP contribution in [0.15, 0.2) is 64.2 Å². The van der Waals surface area contributed by atoms with Gasteiger partial charge in [0.2, 0.25) is 5.88 Å². The van der Waals surface area contributed by atoms with Gasteiger partial charge in [-0.15, -0.1) is 0 Å². The zero-order valence-electron chi connectivity index (χ0n) is 14.7. The number of nitrogens with zero attached hydrogens (tertiary/aromatic N) is 1. The van der Waals surface area contributed by atoms with Crippen LogP contribution in [0.25, 0.3) is 0 Å². The summed E-state index contributed by atoms with van der Waals surface area (Å²) in [4.78, 5) is 26.0. The first-order valence-electron chi connectivity index (χ1n) is 8.37. The fraction of sp³-hybridized carbons (Fsp3) is 0.200. The number of hydrogen-bond donors (Lipinski definition) is 1. The van der Waals surface area contributed by atoms with Gasteiger partial charge in [0.05, 0.1) is 5.56 Å². The number of aromatic amines is 1. The van der Waals surface area contributed by atoms with Crippen molar-refractivity contribution < 1.29 is 9.47 Å². The molecule has 6 heteroatoms. The summed E-state index contributed by atoms with van der Waals surface area (Å²) in [7, 11) is 0. The maximum absolute atomic E-state index is 11.9. The zero-order valence-corrected chi connectivity index (χ0v) is 14.7. The van der Waals surface area contributed by atoms with Crippen LogP contribution in [-0.4, -0.2) is 9.55 Å². The van der Waals surface area contributed by atoms with Crippen molar-refractivity contribution in [3.8, 4) is 17.4 Å². The Balaban J connectivity index is 1.76. The van der Waals surface area contributed by atoms with E-state index in [1.165, 1.54) is 4.57 Å². The van der Waals surface area contributed by atoms with Gasteiger partial charge in [0, 0.05) is 6.54 Å². The number of ether oxygens (including phenoxy) is 2. The van der Waals surface area contributed by atoms with Gasteiger partial charge in [-0.1, -0.05) is 30.3 Å². The predicted molar refractivity (Wildman–Crippen MR) is 99.0 cm³/mol. The highest BCUT2D eigenvalue weighted by atomic mass is 16.5. The van der Waals surface area contributed by atoms with Crippen LogP contribution in [0, 0.1) is 6.92 Å². The summed E-state index contributed by atoms with van der Waals surface area (Å²) in [6.07, 6.45) is 0. The molecule has 26 heavy (non-hydrogen) atoms. The minimum absolute atomic E-state index is 0.249. The summed E-state index contributed by atoms with van der Waals surface area (Å²) in [5, 5.41) is 0. The Morgan fingerprint density at radius 3 is 2.27 bits per heavy atom. The predicted octanol–water partition coefficient (Wildman–Crippen LogP) is 3.24. The van der Waals surface area contributed by atoms with E-state index < -0.39 is 11.2 Å². The minimum Gasteiger partial charge on any atom is -0.489 e. The Labute approximate surface area is 150 Å². The van der Waals surface area contributed by atoms with E-state index in [-0.39, 0.29) is 5.88 Å². The Morgan fingerprint density at radius 1 is 0.962 bits per heavy atom. The Bertz CT molecular complexity index is 989. The van der Waals surface area contributed by atoms with Crippen molar-refractivity contribution in [3.05, 3.63) is 86.6 Å². The van der Waals surface area contributed by atoms with E-state index in [9.17, 15) is 9.59 Å². The van der Waals surface area contributed by atoms with Crippen LogP contribution < -0.4 is 20.7 Å². The summed E-state index contributed by atoms with van der Waals surface area (Å²) in [6.45, 7) is 4.30. The summed E-state index contributed by atoms with van der Waals surface area (Å²) in [5.74, 6) is 1.48. The van der Waals surface area contributed by atoms with Crippen molar-refractivity contribution in [3.63, 3.8) is 0 Å². The van der Waals surface area contributed by atoms with E-state index in [0.29, 0.717) is 30.2 Å². The van der Waals surface area contributed by atoms with Crippen LogP contribution in [0.1, 0.15) is 18.1 Å². The van der Waals surface area contributed by atoms with Gasteiger partial charge in [0.1, 0.15) is 18.1 Å². The topological polar surface area (TPSA) is 73.3 Å². The van der Waals surface area contributed by atoms with E-state index in [1.807, 2.05) is 37.3 Å². The van der Waals surface area contributed by atoms with Crippen LogP contribution in [-0.2, 0) is 13.2 Å². The minimum atomic E-state index is -0.485. The van der Waals surface area contributed by atoms with Crippen LogP contribution >= 0.6 is 0 Å². The number of aromatic nitrogens is 2. The molecule has 0 saturated carbocycles. The third-order valence-electron chi connectivity index (χ3n) is 3.97. The summed E-state index contributed by atoms with van der Waals surface area (Å²) in [5.41, 5.74) is 0.508. The number of benzene rings is 2. The molecule has 0 bridgehead atoms. The lowest BCUT2D eigenvalue weighted by molar-refractivity contribution is 0.305. The molecule has 1 aromatic heterocycles. The van der Waals surface area contributed by atoms with Gasteiger partial charge in [-0.2, -0.15) is 0 Å². The lowest BCUT2D eigenvalue weighted by atomic mass is 10.2. The maximum Gasteiger partial charge on any atom is 0.331 e. The smallest absolute Gasteiger partial charge is 0.331 e. The van der Waals surface area contributed by atoms with E-state index >= 15 is 0 Å². The van der Waals surface area contributed by atoms with Gasteiger partial charge in [-0.25, -0.2) is 4.79 Å². The molecule has 0 spiro atoms. The average Bonchev–Trinajstić information content (AvgIpc) is 2.66. The van der Waals surface area contributed by atoms with Crippen LogP contribution in [0.2, 0.25) is 0 Å². The molecule has 0 amide bonds. The summed E-state index contributed by atoms with van der Waals surface area (Å²) < 4.78 is 12.9. The molecule has 0 aliphatic heterocycles. The molecule has 0 fully saturated rings. The fourth-order valence-corrected chi connectivity index (χ4v) is 2.53. The third-order valence-corrected chi connectivity index (χ3v) is 3.97. The molecule has 0 unspecified atom stereocenters. The highest BCUT2D eigenvalue weighted by Gasteiger charge is 2.12. The lowest BCUT2D eigenvalue weighted by Crippen LogP contribution is -2.31. The van der Waals surface area contributed by atoms with E-state index in [0.717, 1.165) is 5.56 Å². The van der Waals surface area contributed by atoms with Crippen LogP contribution in [0.5, 0.6) is 17.4 Å². The van der Waals surface area contributed by atoms with E-state index in [4.69, 9.17) is 9.47 Å². The van der Waals surface area contributed by atoms with Gasteiger partial charge in [-0.05, 0) is 43.7 Å². The molecule has 3 aromatic rings. The molecule has 134 valence electrons. The monoisotopic (exact) mass is 352 g/mol. The largest absolute Gasteiger partial charge is 0.489 e. The summed E-state index contributed by atoms with van der Waals surface area (Å²) >= 11 is 0. The molecular weight excluding hydrogens is 332 g/mol. The number of nitrogens with one attached hydrogen (secondary N) is 1. The molecule has 0 aliphatic carbocycles. The lowest BCUT2D eigenvalue weighted by Gasteiger charge is -2.14. The molecule has 6 nitrogen and oxygen atoms in total. The van der Waals surface area contributed by atoms with Crippen LogP contribution in [0.4, 0.5) is 0 Å². The van der Waals surface area contributed by atoms with E-state index in [2.05, 4.69) is 4.98 Å². The third kappa shape index (κ3) is 3.85. The quantitative estimate of drug-likeness (QED) is 0.739. The molecule has 2 aromatic carbocycles. The van der Waals surface area contributed by atoms with Gasteiger partial charge in [0.25, 0.3) is 5.56 Å². The molecule has 0 saturated heterocycles. The van der Waals surface area contributed by atoms with Gasteiger partial charge in [0.15, 0.2) is 0 Å². The van der Waals surface area contributed by atoms with Crippen molar-refractivity contribution in [2.45, 2.75) is 27.0 Å². The van der Waals surface area contributed by atoms with Crippen molar-refractivity contribution in [1.82, 2.24) is 9.55 Å². The van der Waals surface area contributed by atoms with Gasteiger partial charge >= 0.3 is 5.69 Å². The molecule has 0 atom stereocenters.